The van der Waals surface area contributed by atoms with Gasteiger partial charge in [-0.1, -0.05) is 103 Å². The molecule has 0 amide bonds. The summed E-state index contributed by atoms with van der Waals surface area (Å²) in [5, 5.41) is 13.3. The Labute approximate surface area is 254 Å². The normalized spacial score (nSPS) is 15.1. The molecule has 1 saturated heterocycles. The number of rotatable bonds is 10. The summed E-state index contributed by atoms with van der Waals surface area (Å²) in [6.07, 6.45) is 4.47. The summed E-state index contributed by atoms with van der Waals surface area (Å²) in [6.45, 7) is 9.46. The first-order valence-corrected chi connectivity index (χ1v) is 15.0. The van der Waals surface area contributed by atoms with E-state index in [2.05, 4.69) is 136 Å². The largest absolute Gasteiger partial charge is 0.489 e. The van der Waals surface area contributed by atoms with Crippen LogP contribution in [0.15, 0.2) is 109 Å². The first-order chi connectivity index (χ1) is 21.2. The van der Waals surface area contributed by atoms with Crippen LogP contribution in [0.25, 0.3) is 11.8 Å². The highest BCUT2D eigenvalue weighted by Gasteiger charge is 2.31. The molecule has 0 spiro atoms. The molecule has 43 heavy (non-hydrogen) atoms. The molecule has 6 rings (SSSR count). The lowest BCUT2D eigenvalue weighted by molar-refractivity contribution is 0.113. The third-order valence-electron chi connectivity index (χ3n) is 8.08. The van der Waals surface area contributed by atoms with Gasteiger partial charge in [0.15, 0.2) is 5.82 Å². The van der Waals surface area contributed by atoms with Crippen LogP contribution in [0.5, 0.6) is 5.75 Å². The number of aryl methyl sites for hydroxylation is 2. The van der Waals surface area contributed by atoms with Gasteiger partial charge in [0, 0.05) is 32.7 Å². The van der Waals surface area contributed by atoms with Crippen LogP contribution >= 0.6 is 0 Å². The van der Waals surface area contributed by atoms with Crippen LogP contribution in [0.1, 0.15) is 39.7 Å². The molecule has 2 heterocycles. The number of aromatic nitrogens is 4. The maximum atomic E-state index is 6.10. The van der Waals surface area contributed by atoms with Gasteiger partial charge in [0.25, 0.3) is 0 Å². The lowest BCUT2D eigenvalue weighted by Gasteiger charge is -2.38. The Morgan fingerprint density at radius 2 is 1.44 bits per heavy atom. The maximum absolute atomic E-state index is 6.10. The number of tetrazole rings is 1. The van der Waals surface area contributed by atoms with E-state index in [4.69, 9.17) is 4.74 Å². The lowest BCUT2D eigenvalue weighted by Crippen LogP contribution is -2.48. The van der Waals surface area contributed by atoms with Gasteiger partial charge in [-0.3, -0.25) is 9.80 Å². The SMILES string of the molecule is Cc1cccc(C)c1-n1nnnc1[C@@H](c1ccc(OCc2ccccc2)cc1)N1CCN(CC=Cc2ccccc2)CC1. The third kappa shape index (κ3) is 6.91. The zero-order valence-electron chi connectivity index (χ0n) is 24.9. The van der Waals surface area contributed by atoms with Gasteiger partial charge in [-0.05, 0) is 64.2 Å². The average molecular weight is 571 g/mol. The molecular weight excluding hydrogens is 532 g/mol. The van der Waals surface area contributed by atoms with Crippen molar-refractivity contribution in [3.05, 3.63) is 143 Å². The first-order valence-electron chi connectivity index (χ1n) is 15.0. The fraction of sp³-hybridized carbons (Fsp3) is 0.250. The van der Waals surface area contributed by atoms with Gasteiger partial charge in [0.1, 0.15) is 12.4 Å². The van der Waals surface area contributed by atoms with Crippen molar-refractivity contribution in [1.29, 1.82) is 0 Å². The van der Waals surface area contributed by atoms with Crippen LogP contribution < -0.4 is 4.74 Å². The quantitative estimate of drug-likeness (QED) is 0.197. The summed E-state index contributed by atoms with van der Waals surface area (Å²) in [5.41, 5.74) is 6.86. The average Bonchev–Trinajstić information content (AvgIpc) is 3.51. The number of ether oxygens (including phenoxy) is 1. The second-order valence-electron chi connectivity index (χ2n) is 11.1. The van der Waals surface area contributed by atoms with E-state index >= 15 is 0 Å². The Hall–Kier alpha value is -4.59. The zero-order valence-corrected chi connectivity index (χ0v) is 24.9. The van der Waals surface area contributed by atoms with Gasteiger partial charge in [0.2, 0.25) is 0 Å². The van der Waals surface area contributed by atoms with Gasteiger partial charge >= 0.3 is 0 Å². The predicted molar refractivity (Wildman–Crippen MR) is 171 cm³/mol. The van der Waals surface area contributed by atoms with Crippen molar-refractivity contribution in [3.63, 3.8) is 0 Å². The van der Waals surface area contributed by atoms with Crippen LogP contribution in [0, 0.1) is 13.8 Å². The molecule has 7 heteroatoms. The van der Waals surface area contributed by atoms with E-state index in [1.165, 1.54) is 5.56 Å². The Kier molecular flexibility index (Phi) is 9.02. The Bertz CT molecular complexity index is 1600. The number of hydrogen-bond acceptors (Lipinski definition) is 6. The highest BCUT2D eigenvalue weighted by atomic mass is 16.5. The van der Waals surface area contributed by atoms with Crippen LogP contribution in [-0.2, 0) is 6.61 Å². The second-order valence-corrected chi connectivity index (χ2v) is 11.1. The van der Waals surface area contributed by atoms with Gasteiger partial charge in [0.05, 0.1) is 11.7 Å². The monoisotopic (exact) mass is 570 g/mol. The lowest BCUT2D eigenvalue weighted by atomic mass is 10.0. The molecular formula is C36H38N6O. The molecule has 5 aromatic rings. The minimum atomic E-state index is -0.0980. The summed E-state index contributed by atoms with van der Waals surface area (Å²) in [5.74, 6) is 1.67. The van der Waals surface area contributed by atoms with E-state index in [1.54, 1.807) is 0 Å². The van der Waals surface area contributed by atoms with Crippen molar-refractivity contribution < 1.29 is 4.74 Å². The molecule has 1 aromatic heterocycles. The molecule has 4 aromatic carbocycles. The Morgan fingerprint density at radius 1 is 0.767 bits per heavy atom. The predicted octanol–water partition coefficient (Wildman–Crippen LogP) is 6.28. The second kappa shape index (κ2) is 13.6. The maximum Gasteiger partial charge on any atom is 0.178 e. The number of nitrogens with zero attached hydrogens (tertiary/aromatic N) is 6. The molecule has 218 valence electrons. The topological polar surface area (TPSA) is 59.3 Å². The van der Waals surface area contributed by atoms with Crippen LogP contribution in [-0.4, -0.2) is 62.7 Å². The van der Waals surface area contributed by atoms with Crippen molar-refractivity contribution in [3.8, 4) is 11.4 Å². The van der Waals surface area contributed by atoms with Gasteiger partial charge < -0.3 is 4.74 Å². The molecule has 1 aliphatic heterocycles. The Morgan fingerprint density at radius 3 is 2.14 bits per heavy atom. The fourth-order valence-corrected chi connectivity index (χ4v) is 5.78. The van der Waals surface area contributed by atoms with Crippen LogP contribution in [0.2, 0.25) is 0 Å². The van der Waals surface area contributed by atoms with Crippen molar-refractivity contribution in [2.75, 3.05) is 32.7 Å². The zero-order chi connectivity index (χ0) is 29.4. The highest BCUT2D eigenvalue weighted by molar-refractivity contribution is 5.49. The molecule has 0 aliphatic carbocycles. The Balaban J connectivity index is 1.23. The minimum absolute atomic E-state index is 0.0980. The van der Waals surface area contributed by atoms with Gasteiger partial charge in [-0.2, -0.15) is 4.68 Å². The minimum Gasteiger partial charge on any atom is -0.489 e. The molecule has 0 unspecified atom stereocenters. The van der Waals surface area contributed by atoms with Crippen LogP contribution in [0.3, 0.4) is 0 Å². The molecule has 1 fully saturated rings. The standard InChI is InChI=1S/C36H38N6O/c1-28-11-9-12-29(2)34(28)42-36(37-38-39-42)35(32-18-20-33(21-19-32)43-27-31-15-7-4-8-16-31)41-25-23-40(24-26-41)22-10-17-30-13-5-3-6-14-30/h3-21,35H,22-27H2,1-2H3/t35-/m1/s1. The smallest absolute Gasteiger partial charge is 0.178 e. The van der Waals surface area contributed by atoms with E-state index in [-0.39, 0.29) is 6.04 Å². The van der Waals surface area contributed by atoms with E-state index < -0.39 is 0 Å². The molecule has 1 atom stereocenters. The van der Waals surface area contributed by atoms with Gasteiger partial charge in [-0.25, -0.2) is 0 Å². The van der Waals surface area contributed by atoms with Crippen LogP contribution in [0.4, 0.5) is 0 Å². The van der Waals surface area contributed by atoms with E-state index in [0.29, 0.717) is 6.61 Å². The van der Waals surface area contributed by atoms with E-state index in [1.807, 2.05) is 22.9 Å². The molecule has 7 nitrogen and oxygen atoms in total. The number of benzene rings is 4. The van der Waals surface area contributed by atoms with E-state index in [9.17, 15) is 0 Å². The summed E-state index contributed by atoms with van der Waals surface area (Å²) < 4.78 is 8.03. The highest BCUT2D eigenvalue weighted by Crippen LogP contribution is 2.32. The summed E-state index contributed by atoms with van der Waals surface area (Å²) in [4.78, 5) is 5.01. The summed E-state index contributed by atoms with van der Waals surface area (Å²) in [7, 11) is 0. The molecule has 0 radical (unpaired) electrons. The first kappa shape index (κ1) is 28.5. The van der Waals surface area contributed by atoms with Gasteiger partial charge in [-0.15, -0.1) is 5.10 Å². The number of para-hydroxylation sites is 1. The van der Waals surface area contributed by atoms with Crippen molar-refractivity contribution in [2.45, 2.75) is 26.5 Å². The number of hydrogen-bond donors (Lipinski definition) is 0. The van der Waals surface area contributed by atoms with Crippen molar-refractivity contribution >= 4 is 6.08 Å². The summed E-state index contributed by atoms with van der Waals surface area (Å²) >= 11 is 0. The molecule has 0 saturated carbocycles. The van der Waals surface area contributed by atoms with Crippen molar-refractivity contribution in [1.82, 2.24) is 30.0 Å². The molecule has 1 aliphatic rings. The van der Waals surface area contributed by atoms with E-state index in [0.717, 1.165) is 72.2 Å². The molecule has 0 bridgehead atoms. The fourth-order valence-electron chi connectivity index (χ4n) is 5.78. The number of piperazine rings is 1. The third-order valence-corrected chi connectivity index (χ3v) is 8.08. The summed E-state index contributed by atoms with van der Waals surface area (Å²) in [6, 6.07) is 35.4. The van der Waals surface area contributed by atoms with Crippen molar-refractivity contribution in [2.24, 2.45) is 0 Å². The molecule has 0 N–H and O–H groups in total.